The van der Waals surface area contributed by atoms with Crippen molar-refractivity contribution in [2.45, 2.75) is 58.0 Å². The quantitative estimate of drug-likeness (QED) is 0.728. The van der Waals surface area contributed by atoms with Crippen molar-refractivity contribution in [3.05, 3.63) is 0 Å². The first kappa shape index (κ1) is 14.3. The summed E-state index contributed by atoms with van der Waals surface area (Å²) in [6, 6.07) is 0.675. The SMILES string of the molecule is CC1CN(CCCC(C)(CO)NC2CC2)CC1C. The average molecular weight is 254 g/mol. The minimum absolute atomic E-state index is 0.0574. The second kappa shape index (κ2) is 5.89. The number of aliphatic hydroxyl groups is 1. The highest BCUT2D eigenvalue weighted by Crippen LogP contribution is 2.26. The lowest BCUT2D eigenvalue weighted by Gasteiger charge is -2.30. The molecule has 2 aliphatic rings. The van der Waals surface area contributed by atoms with Gasteiger partial charge in [0.25, 0.3) is 0 Å². The van der Waals surface area contributed by atoms with Gasteiger partial charge in [-0.1, -0.05) is 13.8 Å². The Bertz CT molecular complexity index is 257. The number of aliphatic hydroxyl groups excluding tert-OH is 1. The molecule has 2 rings (SSSR count). The van der Waals surface area contributed by atoms with Crippen molar-refractivity contribution in [2.75, 3.05) is 26.2 Å². The van der Waals surface area contributed by atoms with Crippen LogP contribution in [-0.2, 0) is 0 Å². The van der Waals surface area contributed by atoms with Gasteiger partial charge in [0.1, 0.15) is 0 Å². The van der Waals surface area contributed by atoms with Crippen LogP contribution in [0.2, 0.25) is 0 Å². The Kier molecular flexibility index (Phi) is 4.68. The average Bonchev–Trinajstić information content (AvgIpc) is 3.06. The maximum atomic E-state index is 9.56. The molecule has 3 atom stereocenters. The molecule has 0 amide bonds. The Morgan fingerprint density at radius 2 is 1.83 bits per heavy atom. The third-order valence-corrected chi connectivity index (χ3v) is 4.75. The van der Waals surface area contributed by atoms with Gasteiger partial charge in [-0.3, -0.25) is 0 Å². The van der Waals surface area contributed by atoms with Crippen molar-refractivity contribution >= 4 is 0 Å². The standard InChI is InChI=1S/C15H30N2O/c1-12-9-17(10-13(12)2)8-4-7-15(3,11-18)16-14-5-6-14/h12-14,16,18H,4-11H2,1-3H3. The van der Waals surface area contributed by atoms with Crippen LogP contribution >= 0.6 is 0 Å². The van der Waals surface area contributed by atoms with E-state index >= 15 is 0 Å². The predicted octanol–water partition coefficient (Wildman–Crippen LogP) is 1.86. The van der Waals surface area contributed by atoms with Crippen LogP contribution in [0.25, 0.3) is 0 Å². The molecule has 18 heavy (non-hydrogen) atoms. The van der Waals surface area contributed by atoms with E-state index < -0.39 is 0 Å². The molecular weight excluding hydrogens is 224 g/mol. The predicted molar refractivity (Wildman–Crippen MR) is 75.7 cm³/mol. The van der Waals surface area contributed by atoms with Gasteiger partial charge in [0, 0.05) is 24.7 Å². The van der Waals surface area contributed by atoms with Crippen molar-refractivity contribution in [1.82, 2.24) is 10.2 Å². The molecule has 0 aromatic rings. The minimum Gasteiger partial charge on any atom is -0.394 e. The zero-order chi connectivity index (χ0) is 13.2. The molecule has 1 saturated heterocycles. The van der Waals surface area contributed by atoms with Gasteiger partial charge in [0.15, 0.2) is 0 Å². The van der Waals surface area contributed by atoms with Gasteiger partial charge in [-0.15, -0.1) is 0 Å². The lowest BCUT2D eigenvalue weighted by Crippen LogP contribution is -2.47. The Labute approximate surface area is 112 Å². The Hall–Kier alpha value is -0.120. The summed E-state index contributed by atoms with van der Waals surface area (Å²) in [4.78, 5) is 2.59. The molecular formula is C15H30N2O. The van der Waals surface area contributed by atoms with Crippen LogP contribution in [0.5, 0.6) is 0 Å². The van der Waals surface area contributed by atoms with Crippen LogP contribution in [0, 0.1) is 11.8 Å². The second-order valence-electron chi connectivity index (χ2n) is 6.96. The largest absolute Gasteiger partial charge is 0.394 e. The second-order valence-corrected chi connectivity index (χ2v) is 6.96. The van der Waals surface area contributed by atoms with Gasteiger partial charge >= 0.3 is 0 Å². The van der Waals surface area contributed by atoms with Crippen LogP contribution in [0.4, 0.5) is 0 Å². The molecule has 0 radical (unpaired) electrons. The van der Waals surface area contributed by atoms with E-state index in [1.165, 1.54) is 38.9 Å². The minimum atomic E-state index is -0.0574. The molecule has 1 saturated carbocycles. The van der Waals surface area contributed by atoms with Gasteiger partial charge in [0.2, 0.25) is 0 Å². The molecule has 2 fully saturated rings. The summed E-state index contributed by atoms with van der Waals surface area (Å²) >= 11 is 0. The van der Waals surface area contributed by atoms with Crippen LogP contribution in [0.1, 0.15) is 46.5 Å². The Morgan fingerprint density at radius 3 is 2.33 bits per heavy atom. The molecule has 1 aliphatic carbocycles. The molecule has 3 unspecified atom stereocenters. The number of rotatable bonds is 7. The summed E-state index contributed by atoms with van der Waals surface area (Å²) in [6.07, 6.45) is 4.85. The summed E-state index contributed by atoms with van der Waals surface area (Å²) in [5.41, 5.74) is -0.0574. The summed E-state index contributed by atoms with van der Waals surface area (Å²) in [5, 5.41) is 13.2. The third-order valence-electron chi connectivity index (χ3n) is 4.75. The number of likely N-dealkylation sites (tertiary alicyclic amines) is 1. The molecule has 1 aliphatic heterocycles. The zero-order valence-corrected chi connectivity index (χ0v) is 12.3. The van der Waals surface area contributed by atoms with E-state index in [0.29, 0.717) is 6.04 Å². The molecule has 0 bridgehead atoms. The molecule has 0 aromatic carbocycles. The molecule has 2 N–H and O–H groups in total. The third kappa shape index (κ3) is 3.94. The van der Waals surface area contributed by atoms with E-state index in [2.05, 4.69) is 31.0 Å². The molecule has 3 nitrogen and oxygen atoms in total. The van der Waals surface area contributed by atoms with Crippen LogP contribution < -0.4 is 5.32 Å². The van der Waals surface area contributed by atoms with Crippen molar-refractivity contribution in [2.24, 2.45) is 11.8 Å². The molecule has 0 spiro atoms. The number of nitrogens with one attached hydrogen (secondary N) is 1. The van der Waals surface area contributed by atoms with E-state index in [-0.39, 0.29) is 12.1 Å². The van der Waals surface area contributed by atoms with Gasteiger partial charge in [-0.2, -0.15) is 0 Å². The monoisotopic (exact) mass is 254 g/mol. The summed E-state index contributed by atoms with van der Waals surface area (Å²) in [7, 11) is 0. The Morgan fingerprint density at radius 1 is 1.22 bits per heavy atom. The smallest absolute Gasteiger partial charge is 0.0610 e. The summed E-state index contributed by atoms with van der Waals surface area (Å²) < 4.78 is 0. The van der Waals surface area contributed by atoms with Gasteiger partial charge in [-0.05, 0) is 51.0 Å². The number of hydrogen-bond acceptors (Lipinski definition) is 3. The fourth-order valence-electron chi connectivity index (χ4n) is 3.04. The molecule has 0 aromatic heterocycles. The van der Waals surface area contributed by atoms with Gasteiger partial charge < -0.3 is 15.3 Å². The first-order valence-electron chi connectivity index (χ1n) is 7.63. The van der Waals surface area contributed by atoms with Crippen molar-refractivity contribution in [1.29, 1.82) is 0 Å². The maximum Gasteiger partial charge on any atom is 0.0610 e. The van der Waals surface area contributed by atoms with Crippen LogP contribution in [-0.4, -0.2) is 47.8 Å². The summed E-state index contributed by atoms with van der Waals surface area (Å²) in [5.74, 6) is 1.69. The van der Waals surface area contributed by atoms with Gasteiger partial charge in [0.05, 0.1) is 6.61 Å². The number of hydrogen-bond donors (Lipinski definition) is 2. The topological polar surface area (TPSA) is 35.5 Å². The van der Waals surface area contributed by atoms with Crippen LogP contribution in [0.15, 0.2) is 0 Å². The Balaban J connectivity index is 1.67. The van der Waals surface area contributed by atoms with Crippen molar-refractivity contribution in [3.8, 4) is 0 Å². The first-order chi connectivity index (χ1) is 8.52. The normalized spacial score (nSPS) is 32.7. The molecule has 1 heterocycles. The highest BCUT2D eigenvalue weighted by Gasteiger charge is 2.32. The van der Waals surface area contributed by atoms with E-state index in [9.17, 15) is 5.11 Å². The fourth-order valence-corrected chi connectivity index (χ4v) is 3.04. The maximum absolute atomic E-state index is 9.56. The first-order valence-corrected chi connectivity index (χ1v) is 7.63. The van der Waals surface area contributed by atoms with Crippen LogP contribution in [0.3, 0.4) is 0 Å². The van der Waals surface area contributed by atoms with E-state index in [1.54, 1.807) is 0 Å². The zero-order valence-electron chi connectivity index (χ0n) is 12.3. The van der Waals surface area contributed by atoms with E-state index in [1.807, 2.05) is 0 Å². The van der Waals surface area contributed by atoms with Gasteiger partial charge in [-0.25, -0.2) is 0 Å². The fraction of sp³-hybridized carbons (Fsp3) is 1.00. The molecule has 3 heteroatoms. The summed E-state index contributed by atoms with van der Waals surface area (Å²) in [6.45, 7) is 10.8. The highest BCUT2D eigenvalue weighted by molar-refractivity contribution is 4.92. The number of nitrogens with zero attached hydrogens (tertiary/aromatic N) is 1. The lowest BCUT2D eigenvalue weighted by molar-refractivity contribution is 0.156. The van der Waals surface area contributed by atoms with E-state index in [4.69, 9.17) is 0 Å². The van der Waals surface area contributed by atoms with Crippen molar-refractivity contribution < 1.29 is 5.11 Å². The van der Waals surface area contributed by atoms with Crippen molar-refractivity contribution in [3.63, 3.8) is 0 Å². The molecule has 106 valence electrons. The lowest BCUT2D eigenvalue weighted by atomic mass is 9.96. The van der Waals surface area contributed by atoms with E-state index in [0.717, 1.165) is 18.3 Å². The highest BCUT2D eigenvalue weighted by atomic mass is 16.3.